The molecule has 0 fully saturated rings. The van der Waals surface area contributed by atoms with E-state index >= 15 is 0 Å². The Hall–Kier alpha value is -2.90. The predicted octanol–water partition coefficient (Wildman–Crippen LogP) is 6.36. The second-order valence-electron chi connectivity index (χ2n) is 7.76. The van der Waals surface area contributed by atoms with Crippen molar-refractivity contribution >= 4 is 17.3 Å². The maximum absolute atomic E-state index is 14.8. The molecular formula is C25H25ClF2N2O3. The lowest BCUT2D eigenvalue weighted by atomic mass is 9.93. The minimum Gasteiger partial charge on any atom is -0.497 e. The monoisotopic (exact) mass is 474 g/mol. The number of pyridine rings is 1. The Morgan fingerprint density at radius 3 is 2.76 bits per heavy atom. The number of rotatable bonds is 6. The van der Waals surface area contributed by atoms with Gasteiger partial charge in [0.05, 0.1) is 14.2 Å². The van der Waals surface area contributed by atoms with E-state index in [-0.39, 0.29) is 25.1 Å². The number of benzene rings is 2. The molecule has 2 aromatic carbocycles. The Morgan fingerprint density at radius 1 is 1.12 bits per heavy atom. The van der Waals surface area contributed by atoms with Crippen molar-refractivity contribution in [2.75, 3.05) is 26.1 Å². The van der Waals surface area contributed by atoms with Gasteiger partial charge in [-0.05, 0) is 42.8 Å². The third kappa shape index (κ3) is 5.04. The third-order valence-electron chi connectivity index (χ3n) is 5.65. The highest BCUT2D eigenvalue weighted by atomic mass is 35.5. The van der Waals surface area contributed by atoms with Gasteiger partial charge in [-0.15, -0.1) is 0 Å². The lowest BCUT2D eigenvalue weighted by Gasteiger charge is -2.29. The van der Waals surface area contributed by atoms with Crippen LogP contribution in [-0.4, -0.2) is 25.8 Å². The van der Waals surface area contributed by atoms with Crippen molar-refractivity contribution in [1.82, 2.24) is 4.98 Å². The number of nitrogens with zero attached hydrogens (tertiary/aromatic N) is 1. The Bertz CT molecular complexity index is 1130. The molecule has 0 spiro atoms. The van der Waals surface area contributed by atoms with Crippen LogP contribution in [0, 0.1) is 0 Å². The first-order valence-electron chi connectivity index (χ1n) is 10.6. The number of fused-ring (bicyclic) bond motifs is 1. The Balaban J connectivity index is 1.71. The van der Waals surface area contributed by atoms with Gasteiger partial charge in [-0.1, -0.05) is 17.7 Å². The molecule has 1 aromatic heterocycles. The van der Waals surface area contributed by atoms with Gasteiger partial charge in [0.2, 0.25) is 0 Å². The molecule has 174 valence electrons. The fourth-order valence-corrected chi connectivity index (χ4v) is 4.18. The van der Waals surface area contributed by atoms with Gasteiger partial charge < -0.3 is 19.5 Å². The van der Waals surface area contributed by atoms with Gasteiger partial charge in [0, 0.05) is 59.2 Å². The van der Waals surface area contributed by atoms with E-state index in [1.54, 1.807) is 38.5 Å². The van der Waals surface area contributed by atoms with Gasteiger partial charge in [0.1, 0.15) is 23.3 Å². The van der Waals surface area contributed by atoms with Crippen molar-refractivity contribution in [2.24, 2.45) is 0 Å². The summed E-state index contributed by atoms with van der Waals surface area (Å²) in [5.41, 5.74) is 2.39. The van der Waals surface area contributed by atoms with E-state index in [1.807, 2.05) is 24.3 Å². The molecule has 1 unspecified atom stereocenters. The van der Waals surface area contributed by atoms with Crippen LogP contribution in [0.25, 0.3) is 0 Å². The minimum absolute atomic E-state index is 0.201. The molecule has 5 nitrogen and oxygen atoms in total. The van der Waals surface area contributed by atoms with Crippen molar-refractivity contribution in [1.29, 1.82) is 0 Å². The fraction of sp³-hybridized carbons (Fsp3) is 0.320. The zero-order chi connectivity index (χ0) is 23.4. The number of alkyl halides is 2. The molecule has 4 rings (SSSR count). The van der Waals surface area contributed by atoms with Crippen molar-refractivity contribution in [2.45, 2.75) is 31.4 Å². The SMILES string of the molecule is COc1ccc(CNc2ccc(Cl)cc2C2OCCCC(F)(F)c3ncccc32)c(OC)c1. The van der Waals surface area contributed by atoms with E-state index in [0.717, 1.165) is 11.3 Å². The van der Waals surface area contributed by atoms with Crippen LogP contribution in [0.4, 0.5) is 14.5 Å². The summed E-state index contributed by atoms with van der Waals surface area (Å²) < 4.78 is 46.5. The topological polar surface area (TPSA) is 52.6 Å². The first kappa shape index (κ1) is 23.3. The molecule has 1 atom stereocenters. The fourth-order valence-electron chi connectivity index (χ4n) is 4.00. The quantitative estimate of drug-likeness (QED) is 0.450. The molecule has 0 amide bonds. The van der Waals surface area contributed by atoms with Crippen molar-refractivity contribution in [3.63, 3.8) is 0 Å². The summed E-state index contributed by atoms with van der Waals surface area (Å²) in [4.78, 5) is 4.02. The van der Waals surface area contributed by atoms with E-state index in [4.69, 9.17) is 25.8 Å². The molecule has 1 N–H and O–H groups in total. The van der Waals surface area contributed by atoms with Crippen molar-refractivity contribution in [3.05, 3.63) is 82.1 Å². The average Bonchev–Trinajstić information content (AvgIpc) is 2.82. The number of aromatic nitrogens is 1. The summed E-state index contributed by atoms with van der Waals surface area (Å²) in [6, 6.07) is 14.2. The van der Waals surface area contributed by atoms with Crippen LogP contribution in [0.2, 0.25) is 5.02 Å². The van der Waals surface area contributed by atoms with Gasteiger partial charge in [-0.25, -0.2) is 0 Å². The van der Waals surface area contributed by atoms with E-state index in [2.05, 4.69) is 10.3 Å². The van der Waals surface area contributed by atoms with Crippen LogP contribution in [0.3, 0.4) is 0 Å². The van der Waals surface area contributed by atoms with Crippen LogP contribution < -0.4 is 14.8 Å². The van der Waals surface area contributed by atoms with Crippen molar-refractivity contribution in [3.8, 4) is 11.5 Å². The van der Waals surface area contributed by atoms with Gasteiger partial charge >= 0.3 is 0 Å². The minimum atomic E-state index is -3.03. The number of methoxy groups -OCH3 is 2. The molecule has 0 saturated carbocycles. The highest BCUT2D eigenvalue weighted by Gasteiger charge is 2.39. The first-order chi connectivity index (χ1) is 15.9. The second-order valence-corrected chi connectivity index (χ2v) is 8.20. The van der Waals surface area contributed by atoms with Crippen LogP contribution >= 0.6 is 11.6 Å². The number of halogens is 3. The molecule has 8 heteroatoms. The van der Waals surface area contributed by atoms with E-state index in [1.165, 1.54) is 6.20 Å². The maximum Gasteiger partial charge on any atom is 0.290 e. The van der Waals surface area contributed by atoms with E-state index in [0.29, 0.717) is 34.2 Å². The number of hydrogen-bond donors (Lipinski definition) is 1. The number of anilines is 1. The summed E-state index contributed by atoms with van der Waals surface area (Å²) in [5.74, 6) is -1.66. The molecule has 3 aromatic rings. The average molecular weight is 475 g/mol. The molecule has 33 heavy (non-hydrogen) atoms. The van der Waals surface area contributed by atoms with Gasteiger partial charge in [0.15, 0.2) is 0 Å². The highest BCUT2D eigenvalue weighted by Crippen LogP contribution is 2.43. The molecule has 0 saturated heterocycles. The summed E-state index contributed by atoms with van der Waals surface area (Å²) in [5, 5.41) is 3.87. The smallest absolute Gasteiger partial charge is 0.290 e. The molecular weight excluding hydrogens is 450 g/mol. The van der Waals surface area contributed by atoms with Gasteiger partial charge in [0.25, 0.3) is 5.92 Å². The normalized spacial score (nSPS) is 17.4. The number of nitrogens with one attached hydrogen (secondary N) is 1. The van der Waals surface area contributed by atoms with Crippen molar-refractivity contribution < 1.29 is 23.0 Å². The molecule has 2 heterocycles. The predicted molar refractivity (Wildman–Crippen MR) is 123 cm³/mol. The maximum atomic E-state index is 14.8. The zero-order valence-electron chi connectivity index (χ0n) is 18.4. The summed E-state index contributed by atoms with van der Waals surface area (Å²) in [6.07, 6.45) is 0.574. The number of hydrogen-bond acceptors (Lipinski definition) is 5. The van der Waals surface area contributed by atoms with Crippen LogP contribution in [0.5, 0.6) is 11.5 Å². The lowest BCUT2D eigenvalue weighted by Crippen LogP contribution is -2.24. The van der Waals surface area contributed by atoms with Crippen LogP contribution in [-0.2, 0) is 17.2 Å². The van der Waals surface area contributed by atoms with E-state index in [9.17, 15) is 8.78 Å². The molecule has 0 bridgehead atoms. The Kier molecular flexibility index (Phi) is 7.00. The second kappa shape index (κ2) is 9.93. The summed E-state index contributed by atoms with van der Waals surface area (Å²) in [7, 11) is 3.19. The first-order valence-corrected chi connectivity index (χ1v) is 11.0. The number of ether oxygens (including phenoxy) is 3. The zero-order valence-corrected chi connectivity index (χ0v) is 19.2. The molecule has 1 aliphatic rings. The molecule has 0 radical (unpaired) electrons. The summed E-state index contributed by atoms with van der Waals surface area (Å²) >= 11 is 6.31. The molecule has 0 aliphatic carbocycles. The Labute approximate surface area is 196 Å². The van der Waals surface area contributed by atoms with Gasteiger partial charge in [-0.3, -0.25) is 4.98 Å². The highest BCUT2D eigenvalue weighted by molar-refractivity contribution is 6.30. The van der Waals surface area contributed by atoms with E-state index < -0.39 is 12.0 Å². The van der Waals surface area contributed by atoms with Gasteiger partial charge in [-0.2, -0.15) is 8.78 Å². The largest absolute Gasteiger partial charge is 0.497 e. The van der Waals surface area contributed by atoms with Crippen LogP contribution in [0.15, 0.2) is 54.7 Å². The Morgan fingerprint density at radius 2 is 1.97 bits per heavy atom. The standard InChI is InChI=1S/C25H25ClF2N2O3/c1-31-18-8-6-16(22(14-18)32-2)15-30-21-9-7-17(26)13-20(21)23-19-5-3-11-29-24(19)25(27,28)10-4-12-33-23/h3,5-9,11,13-14,23,30H,4,10,12,15H2,1-2H3. The lowest BCUT2D eigenvalue weighted by molar-refractivity contribution is -0.0428. The summed E-state index contributed by atoms with van der Waals surface area (Å²) in [6.45, 7) is 0.636. The molecule has 1 aliphatic heterocycles. The third-order valence-corrected chi connectivity index (χ3v) is 5.88. The van der Waals surface area contributed by atoms with Crippen LogP contribution in [0.1, 0.15) is 41.3 Å².